The van der Waals surface area contributed by atoms with E-state index in [1.54, 1.807) is 54.6 Å². The quantitative estimate of drug-likeness (QED) is 0.1000. The maximum Gasteiger partial charge on any atom is 0.227 e. The topological polar surface area (TPSA) is 170 Å². The van der Waals surface area contributed by atoms with Gasteiger partial charge in [0.15, 0.2) is 0 Å². The Balaban J connectivity index is 0.000000193. The first-order valence-electron chi connectivity index (χ1n) is 19.0. The predicted molar refractivity (Wildman–Crippen MR) is 221 cm³/mol. The van der Waals surface area contributed by atoms with Crippen LogP contribution in [0.2, 0.25) is 0 Å². The summed E-state index contributed by atoms with van der Waals surface area (Å²) in [6, 6.07) is 15.4. The number of ether oxygens (including phenoxy) is 2. The summed E-state index contributed by atoms with van der Waals surface area (Å²) in [6.45, 7) is 17.0. The Kier molecular flexibility index (Phi) is 11.4. The molecule has 1 saturated carbocycles. The summed E-state index contributed by atoms with van der Waals surface area (Å²) in [4.78, 5) is 26.9. The molecule has 0 aliphatic heterocycles. The number of hydrogen-bond acceptors (Lipinski definition) is 12. The molecule has 14 heteroatoms. The van der Waals surface area contributed by atoms with E-state index in [4.69, 9.17) is 9.47 Å². The van der Waals surface area contributed by atoms with Crippen molar-refractivity contribution in [1.29, 1.82) is 0 Å². The summed E-state index contributed by atoms with van der Waals surface area (Å²) in [5.41, 5.74) is 6.00. The number of nitrogens with zero attached hydrogens (tertiary/aromatic N) is 8. The van der Waals surface area contributed by atoms with Gasteiger partial charge in [-0.1, -0.05) is 20.8 Å². The van der Waals surface area contributed by atoms with Crippen LogP contribution in [0.3, 0.4) is 0 Å². The lowest BCUT2D eigenvalue weighted by Crippen LogP contribution is -2.22. The van der Waals surface area contributed by atoms with Gasteiger partial charge in [0, 0.05) is 52.9 Å². The van der Waals surface area contributed by atoms with E-state index in [2.05, 4.69) is 61.3 Å². The molecule has 14 nitrogen and oxygen atoms in total. The van der Waals surface area contributed by atoms with Gasteiger partial charge in [-0.3, -0.25) is 0 Å². The van der Waals surface area contributed by atoms with Crippen LogP contribution in [0.4, 0.5) is 23.3 Å². The van der Waals surface area contributed by atoms with Gasteiger partial charge < -0.3 is 39.5 Å². The summed E-state index contributed by atoms with van der Waals surface area (Å²) in [5.74, 6) is 2.79. The second-order valence-electron chi connectivity index (χ2n) is 16.5. The second-order valence-corrected chi connectivity index (χ2v) is 16.5. The highest BCUT2D eigenvalue weighted by molar-refractivity contribution is 5.63. The van der Waals surface area contributed by atoms with Gasteiger partial charge in [0.1, 0.15) is 22.7 Å². The number of anilines is 4. The standard InChI is InChI=1S/C22H29N5O2.C21H25N5O2/c1-14-12-27(13-23-14)16-9-8-15(10-17(16)29-7)24-20-25-18(21(2,3)4)11-19(26-20)22(5,6)28;1-13-11-26(12-22-13)17-8-7-15(9-18(17)28-4)23-20-24-16(14-5-6-14)10-19(25-20)21(2,3)27/h8-13,28H,1-7H3,(H,24,25,26);7-12,14,27H,5-6H2,1-4H3,(H,23,24,25). The van der Waals surface area contributed by atoms with E-state index in [1.165, 1.54) is 0 Å². The van der Waals surface area contributed by atoms with Crippen molar-refractivity contribution in [2.45, 2.75) is 97.7 Å². The van der Waals surface area contributed by atoms with Gasteiger partial charge in [0.25, 0.3) is 0 Å². The summed E-state index contributed by atoms with van der Waals surface area (Å²) < 4.78 is 15.0. The number of hydrogen-bond donors (Lipinski definition) is 4. The van der Waals surface area contributed by atoms with Crippen molar-refractivity contribution in [2.24, 2.45) is 0 Å². The van der Waals surface area contributed by atoms with Crippen molar-refractivity contribution in [3.8, 4) is 22.9 Å². The zero-order chi connectivity index (χ0) is 41.3. The molecule has 7 rings (SSSR count). The van der Waals surface area contributed by atoms with Crippen LogP contribution in [-0.4, -0.2) is 63.5 Å². The minimum Gasteiger partial charge on any atom is -0.494 e. The number of nitrogens with one attached hydrogen (secondary N) is 2. The average Bonchev–Trinajstić information content (AvgIpc) is 3.78. The summed E-state index contributed by atoms with van der Waals surface area (Å²) in [5, 5.41) is 27.4. The molecule has 0 bridgehead atoms. The Morgan fingerprint density at radius 3 is 1.44 bits per heavy atom. The number of imidazole rings is 2. The normalized spacial score (nSPS) is 13.1. The predicted octanol–water partition coefficient (Wildman–Crippen LogP) is 8.08. The summed E-state index contributed by atoms with van der Waals surface area (Å²) in [7, 11) is 3.28. The van der Waals surface area contributed by atoms with Crippen LogP contribution < -0.4 is 20.1 Å². The van der Waals surface area contributed by atoms with Crippen LogP contribution >= 0.6 is 0 Å². The molecule has 0 amide bonds. The van der Waals surface area contributed by atoms with Crippen LogP contribution in [0.25, 0.3) is 11.4 Å². The molecule has 4 aromatic heterocycles. The van der Waals surface area contributed by atoms with Crippen molar-refractivity contribution >= 4 is 23.3 Å². The Bertz CT molecular complexity index is 2310. The molecule has 4 heterocycles. The van der Waals surface area contributed by atoms with Crippen molar-refractivity contribution in [2.75, 3.05) is 24.9 Å². The molecule has 0 spiro atoms. The van der Waals surface area contributed by atoms with Crippen LogP contribution in [0.15, 0.2) is 73.6 Å². The minimum atomic E-state index is -1.07. The molecule has 1 aliphatic rings. The first-order valence-corrected chi connectivity index (χ1v) is 19.0. The van der Waals surface area contributed by atoms with Crippen molar-refractivity contribution in [1.82, 2.24) is 39.0 Å². The third-order valence-electron chi connectivity index (χ3n) is 9.34. The van der Waals surface area contributed by atoms with Gasteiger partial charge in [0.2, 0.25) is 11.9 Å². The highest BCUT2D eigenvalue weighted by Gasteiger charge is 2.29. The highest BCUT2D eigenvalue weighted by Crippen LogP contribution is 2.40. The van der Waals surface area contributed by atoms with Gasteiger partial charge in [-0.2, -0.15) is 0 Å². The molecule has 57 heavy (non-hydrogen) atoms. The zero-order valence-electron chi connectivity index (χ0n) is 34.7. The van der Waals surface area contributed by atoms with E-state index < -0.39 is 11.2 Å². The molecule has 6 aromatic rings. The van der Waals surface area contributed by atoms with Gasteiger partial charge in [-0.05, 0) is 90.8 Å². The van der Waals surface area contributed by atoms with Gasteiger partial charge >= 0.3 is 0 Å². The molecule has 2 aromatic carbocycles. The summed E-state index contributed by atoms with van der Waals surface area (Å²) in [6.07, 6.45) is 9.67. The van der Waals surface area contributed by atoms with Gasteiger partial charge in [0.05, 0.1) is 66.7 Å². The number of aromatic nitrogens is 8. The molecule has 1 fully saturated rings. The first kappa shape index (κ1) is 40.8. The van der Waals surface area contributed by atoms with Gasteiger partial charge in [-0.15, -0.1) is 0 Å². The smallest absolute Gasteiger partial charge is 0.227 e. The highest BCUT2D eigenvalue weighted by atomic mass is 16.5. The molecule has 4 N–H and O–H groups in total. The number of aliphatic hydroxyl groups is 2. The monoisotopic (exact) mass is 774 g/mol. The van der Waals surface area contributed by atoms with Crippen LogP contribution in [0.1, 0.15) is 101 Å². The van der Waals surface area contributed by atoms with E-state index in [9.17, 15) is 10.2 Å². The maximum atomic E-state index is 10.5. The second kappa shape index (κ2) is 15.9. The molecular formula is C43H54N10O4. The third-order valence-corrected chi connectivity index (χ3v) is 9.34. The van der Waals surface area contributed by atoms with Crippen molar-refractivity contribution in [3.05, 3.63) is 108 Å². The molecule has 0 radical (unpaired) electrons. The molecule has 1 aliphatic carbocycles. The third kappa shape index (κ3) is 10.1. The zero-order valence-corrected chi connectivity index (χ0v) is 34.7. The number of benzene rings is 2. The van der Waals surface area contributed by atoms with E-state index in [0.717, 1.165) is 58.4 Å². The lowest BCUT2D eigenvalue weighted by Gasteiger charge is -2.23. The Morgan fingerprint density at radius 2 is 1.05 bits per heavy atom. The van der Waals surface area contributed by atoms with E-state index >= 15 is 0 Å². The van der Waals surface area contributed by atoms with Crippen LogP contribution in [0, 0.1) is 13.8 Å². The Labute approximate surface area is 334 Å². The number of aryl methyl sites for hydroxylation is 2. The fourth-order valence-corrected chi connectivity index (χ4v) is 5.93. The number of rotatable bonds is 11. The van der Waals surface area contributed by atoms with Crippen molar-refractivity contribution in [3.63, 3.8) is 0 Å². The van der Waals surface area contributed by atoms with E-state index in [0.29, 0.717) is 40.7 Å². The van der Waals surface area contributed by atoms with E-state index in [1.807, 2.05) is 83.9 Å². The lowest BCUT2D eigenvalue weighted by atomic mass is 9.90. The molecular weight excluding hydrogens is 721 g/mol. The Hall–Kier alpha value is -5.86. The Morgan fingerprint density at radius 1 is 0.614 bits per heavy atom. The fraction of sp³-hybridized carbons (Fsp3) is 0.395. The fourth-order valence-electron chi connectivity index (χ4n) is 5.93. The van der Waals surface area contributed by atoms with Crippen LogP contribution in [-0.2, 0) is 16.6 Å². The van der Waals surface area contributed by atoms with E-state index in [-0.39, 0.29) is 5.41 Å². The molecule has 0 saturated heterocycles. The van der Waals surface area contributed by atoms with Crippen molar-refractivity contribution < 1.29 is 19.7 Å². The van der Waals surface area contributed by atoms with Gasteiger partial charge in [-0.25, -0.2) is 29.9 Å². The first-order chi connectivity index (χ1) is 26.8. The maximum absolute atomic E-state index is 10.5. The molecule has 0 atom stereocenters. The molecule has 300 valence electrons. The molecule has 0 unspecified atom stereocenters. The largest absolute Gasteiger partial charge is 0.494 e. The minimum absolute atomic E-state index is 0.180. The SMILES string of the molecule is COc1cc(Nc2nc(C(C)(C)C)cc(C(C)(C)O)n2)ccc1-n1cnc(C)c1.COc1cc(Nc2nc(C3CC3)cc(C(C)(C)O)n2)ccc1-n1cnc(C)c1. The summed E-state index contributed by atoms with van der Waals surface area (Å²) >= 11 is 0. The lowest BCUT2D eigenvalue weighted by molar-refractivity contribution is 0.0732. The average molecular weight is 775 g/mol. The van der Waals surface area contributed by atoms with Crippen LogP contribution in [0.5, 0.6) is 11.5 Å². The number of methoxy groups -OCH3 is 2.